The molecule has 0 aliphatic carbocycles. The Bertz CT molecular complexity index is 789. The number of anilines is 2. The zero-order valence-electron chi connectivity index (χ0n) is 14.6. The number of hydrogen-bond donors (Lipinski definition) is 1. The van der Waals surface area contributed by atoms with Crippen LogP contribution in [0.15, 0.2) is 48.5 Å². The molecule has 7 nitrogen and oxygen atoms in total. The van der Waals surface area contributed by atoms with Crippen molar-refractivity contribution in [1.29, 1.82) is 0 Å². The van der Waals surface area contributed by atoms with E-state index >= 15 is 0 Å². The molecule has 0 fully saturated rings. The molecule has 1 N–H and O–H groups in total. The molecule has 1 aliphatic rings. The van der Waals surface area contributed by atoms with Crippen molar-refractivity contribution in [2.45, 2.75) is 6.10 Å². The van der Waals surface area contributed by atoms with E-state index in [9.17, 15) is 9.59 Å². The van der Waals surface area contributed by atoms with Crippen molar-refractivity contribution in [1.82, 2.24) is 0 Å². The first-order valence-electron chi connectivity index (χ1n) is 8.15. The molecular weight excluding hydrogens is 336 g/mol. The molecule has 1 amide bonds. The largest absolute Gasteiger partial charge is 0.485 e. The summed E-state index contributed by atoms with van der Waals surface area (Å²) in [4.78, 5) is 26.0. The summed E-state index contributed by atoms with van der Waals surface area (Å²) in [5.74, 6) is -0.00714. The van der Waals surface area contributed by atoms with Crippen molar-refractivity contribution >= 4 is 23.3 Å². The third-order valence-electron chi connectivity index (χ3n) is 3.78. The van der Waals surface area contributed by atoms with Gasteiger partial charge in [-0.25, -0.2) is 4.79 Å². The SMILES string of the molecule is CN(C)c1ccc(NC(=O)COC(=O)[C@@H]2COc3ccccc3O2)cc1. The minimum atomic E-state index is -0.892. The number of amides is 1. The number of benzene rings is 2. The van der Waals surface area contributed by atoms with Crippen LogP contribution in [0.1, 0.15) is 0 Å². The van der Waals surface area contributed by atoms with Gasteiger partial charge in [0.25, 0.3) is 5.91 Å². The Hall–Kier alpha value is -3.22. The first-order chi connectivity index (χ1) is 12.5. The zero-order valence-corrected chi connectivity index (χ0v) is 14.6. The van der Waals surface area contributed by atoms with Gasteiger partial charge < -0.3 is 24.4 Å². The second-order valence-electron chi connectivity index (χ2n) is 5.96. The molecule has 3 rings (SSSR count). The standard InChI is InChI=1S/C19H20N2O5/c1-21(2)14-9-7-13(8-10-14)20-18(22)12-25-19(23)17-11-24-15-5-3-4-6-16(15)26-17/h3-10,17H,11-12H2,1-2H3,(H,20,22)/t17-/m0/s1. The van der Waals surface area contributed by atoms with E-state index in [-0.39, 0.29) is 6.61 Å². The van der Waals surface area contributed by atoms with Crippen molar-refractivity contribution in [2.75, 3.05) is 37.5 Å². The summed E-state index contributed by atoms with van der Waals surface area (Å²) >= 11 is 0. The van der Waals surface area contributed by atoms with Crippen molar-refractivity contribution in [3.8, 4) is 11.5 Å². The first kappa shape index (κ1) is 17.6. The van der Waals surface area contributed by atoms with Crippen LogP contribution in [0.4, 0.5) is 11.4 Å². The fourth-order valence-electron chi connectivity index (χ4n) is 2.41. The highest BCUT2D eigenvalue weighted by Gasteiger charge is 2.29. The number of esters is 1. The topological polar surface area (TPSA) is 77.1 Å². The Labute approximate surface area is 151 Å². The van der Waals surface area contributed by atoms with Crippen molar-refractivity contribution in [3.63, 3.8) is 0 Å². The summed E-state index contributed by atoms with van der Waals surface area (Å²) in [5.41, 5.74) is 1.65. The van der Waals surface area contributed by atoms with Crippen LogP contribution in [0.25, 0.3) is 0 Å². The molecule has 0 spiro atoms. The number of nitrogens with one attached hydrogen (secondary N) is 1. The van der Waals surface area contributed by atoms with Gasteiger partial charge in [0.1, 0.15) is 6.61 Å². The van der Waals surface area contributed by atoms with E-state index in [0.29, 0.717) is 17.2 Å². The molecule has 0 aromatic heterocycles. The van der Waals surface area contributed by atoms with Gasteiger partial charge in [0, 0.05) is 25.5 Å². The van der Waals surface area contributed by atoms with Gasteiger partial charge in [-0.05, 0) is 36.4 Å². The Balaban J connectivity index is 1.48. The van der Waals surface area contributed by atoms with Gasteiger partial charge in [0.15, 0.2) is 18.1 Å². The second-order valence-corrected chi connectivity index (χ2v) is 5.96. The lowest BCUT2D eigenvalue weighted by Crippen LogP contribution is -2.39. The van der Waals surface area contributed by atoms with Gasteiger partial charge in [-0.15, -0.1) is 0 Å². The van der Waals surface area contributed by atoms with Gasteiger partial charge in [-0.2, -0.15) is 0 Å². The van der Waals surface area contributed by atoms with Gasteiger partial charge >= 0.3 is 5.97 Å². The summed E-state index contributed by atoms with van der Waals surface area (Å²) in [6.45, 7) is -0.348. The second kappa shape index (κ2) is 7.77. The van der Waals surface area contributed by atoms with E-state index in [1.807, 2.05) is 37.2 Å². The van der Waals surface area contributed by atoms with E-state index < -0.39 is 24.6 Å². The zero-order chi connectivity index (χ0) is 18.5. The number of nitrogens with zero attached hydrogens (tertiary/aromatic N) is 1. The molecule has 0 saturated heterocycles. The molecule has 26 heavy (non-hydrogen) atoms. The van der Waals surface area contributed by atoms with E-state index in [2.05, 4.69) is 5.32 Å². The molecule has 0 saturated carbocycles. The third-order valence-corrected chi connectivity index (χ3v) is 3.78. The maximum absolute atomic E-state index is 12.1. The van der Waals surface area contributed by atoms with Gasteiger partial charge in [0.05, 0.1) is 0 Å². The van der Waals surface area contributed by atoms with Crippen LogP contribution in [0.3, 0.4) is 0 Å². The number of para-hydroxylation sites is 2. The number of carbonyl (C=O) groups excluding carboxylic acids is 2. The summed E-state index contributed by atoms with van der Waals surface area (Å²) in [6, 6.07) is 14.4. The molecule has 2 aromatic carbocycles. The highest BCUT2D eigenvalue weighted by Crippen LogP contribution is 2.31. The fraction of sp³-hybridized carbons (Fsp3) is 0.263. The average Bonchev–Trinajstić information content (AvgIpc) is 2.66. The van der Waals surface area contributed by atoms with Gasteiger partial charge in [-0.3, -0.25) is 4.79 Å². The highest BCUT2D eigenvalue weighted by atomic mass is 16.6. The van der Waals surface area contributed by atoms with Crippen molar-refractivity contribution in [3.05, 3.63) is 48.5 Å². The van der Waals surface area contributed by atoms with E-state index in [1.165, 1.54) is 0 Å². The van der Waals surface area contributed by atoms with Crippen LogP contribution in [-0.4, -0.2) is 45.3 Å². The van der Waals surface area contributed by atoms with Gasteiger partial charge in [0.2, 0.25) is 6.10 Å². The number of carbonyl (C=O) groups is 2. The molecule has 0 radical (unpaired) electrons. The third kappa shape index (κ3) is 4.24. The molecule has 7 heteroatoms. The van der Waals surface area contributed by atoms with Crippen LogP contribution < -0.4 is 19.7 Å². The van der Waals surface area contributed by atoms with E-state index in [0.717, 1.165) is 5.69 Å². The summed E-state index contributed by atoms with van der Waals surface area (Å²) in [7, 11) is 3.87. The average molecular weight is 356 g/mol. The van der Waals surface area contributed by atoms with E-state index in [1.54, 1.807) is 30.3 Å². The molecule has 0 unspecified atom stereocenters. The monoisotopic (exact) mass is 356 g/mol. The molecule has 1 atom stereocenters. The Morgan fingerprint density at radius 3 is 2.50 bits per heavy atom. The number of hydrogen-bond acceptors (Lipinski definition) is 6. The molecule has 0 bridgehead atoms. The lowest BCUT2D eigenvalue weighted by Gasteiger charge is -2.24. The highest BCUT2D eigenvalue weighted by molar-refractivity contribution is 5.93. The fourth-order valence-corrected chi connectivity index (χ4v) is 2.41. The maximum Gasteiger partial charge on any atom is 0.351 e. The molecular formula is C19H20N2O5. The van der Waals surface area contributed by atoms with Crippen LogP contribution in [0.2, 0.25) is 0 Å². The molecule has 1 aliphatic heterocycles. The Morgan fingerprint density at radius 2 is 1.81 bits per heavy atom. The molecule has 136 valence electrons. The maximum atomic E-state index is 12.1. The molecule has 1 heterocycles. The van der Waals surface area contributed by atoms with Crippen molar-refractivity contribution < 1.29 is 23.8 Å². The first-order valence-corrected chi connectivity index (χ1v) is 8.15. The predicted molar refractivity (Wildman–Crippen MR) is 96.7 cm³/mol. The predicted octanol–water partition coefficient (Wildman–Crippen LogP) is 2.07. The minimum absolute atomic E-state index is 0.0451. The Morgan fingerprint density at radius 1 is 1.12 bits per heavy atom. The van der Waals surface area contributed by atoms with Crippen LogP contribution in [0, 0.1) is 0 Å². The van der Waals surface area contributed by atoms with Crippen LogP contribution >= 0.6 is 0 Å². The summed E-state index contributed by atoms with van der Waals surface area (Å²) in [6.07, 6.45) is -0.892. The van der Waals surface area contributed by atoms with Crippen LogP contribution in [0.5, 0.6) is 11.5 Å². The normalized spacial score (nSPS) is 15.1. The Kier molecular flexibility index (Phi) is 5.26. The quantitative estimate of drug-likeness (QED) is 0.827. The van der Waals surface area contributed by atoms with Gasteiger partial charge in [-0.1, -0.05) is 12.1 Å². The number of rotatable bonds is 5. The number of ether oxygens (including phenoxy) is 3. The minimum Gasteiger partial charge on any atom is -0.485 e. The molecule has 2 aromatic rings. The summed E-state index contributed by atoms with van der Waals surface area (Å²) in [5, 5.41) is 2.68. The number of fused-ring (bicyclic) bond motifs is 1. The van der Waals surface area contributed by atoms with Crippen molar-refractivity contribution in [2.24, 2.45) is 0 Å². The van der Waals surface area contributed by atoms with Crippen LogP contribution in [-0.2, 0) is 14.3 Å². The van der Waals surface area contributed by atoms with E-state index in [4.69, 9.17) is 14.2 Å². The smallest absolute Gasteiger partial charge is 0.351 e. The lowest BCUT2D eigenvalue weighted by atomic mass is 10.2. The summed E-state index contributed by atoms with van der Waals surface area (Å²) < 4.78 is 16.0. The lowest BCUT2D eigenvalue weighted by molar-refractivity contribution is -0.156.